The Labute approximate surface area is 182 Å². The van der Waals surface area contributed by atoms with Crippen LogP contribution in [0.15, 0.2) is 35.6 Å². The van der Waals surface area contributed by atoms with E-state index in [4.69, 9.17) is 4.74 Å². The van der Waals surface area contributed by atoms with Gasteiger partial charge in [-0.2, -0.15) is 4.31 Å². The lowest BCUT2D eigenvalue weighted by atomic mass is 10.1. The summed E-state index contributed by atoms with van der Waals surface area (Å²) in [5.41, 5.74) is 1.21. The summed E-state index contributed by atoms with van der Waals surface area (Å²) in [5, 5.41) is 0. The standard InChI is InChI=1S/C21H27N5O4S/c1-15(2)19-18(13-23-20(24-19)16-4-3-6-22-12-16)31(28,29)26-9-7-25(8-10-26)21(27)17-5-11-30-14-17/h3-4,6,12-13,15,17H,5,7-11,14H2,1-2H3. The molecule has 1 atom stereocenters. The highest BCUT2D eigenvalue weighted by Gasteiger charge is 2.35. The van der Waals surface area contributed by atoms with Gasteiger partial charge < -0.3 is 9.64 Å². The summed E-state index contributed by atoms with van der Waals surface area (Å²) in [7, 11) is -3.77. The SMILES string of the molecule is CC(C)c1nc(-c2cccnc2)ncc1S(=O)(=O)N1CCN(C(=O)C2CCOC2)CC1. The van der Waals surface area contributed by atoms with Crippen LogP contribution in [0.3, 0.4) is 0 Å². The van der Waals surface area contributed by atoms with E-state index in [0.29, 0.717) is 37.8 Å². The predicted molar refractivity (Wildman–Crippen MR) is 114 cm³/mol. The lowest BCUT2D eigenvalue weighted by Gasteiger charge is -2.35. The fourth-order valence-corrected chi connectivity index (χ4v) is 5.56. The number of carbonyl (C=O) groups excluding carboxylic acids is 1. The van der Waals surface area contributed by atoms with E-state index < -0.39 is 10.0 Å². The second kappa shape index (κ2) is 8.97. The van der Waals surface area contributed by atoms with Gasteiger partial charge in [0.1, 0.15) is 4.90 Å². The van der Waals surface area contributed by atoms with Gasteiger partial charge in [0, 0.05) is 50.7 Å². The van der Waals surface area contributed by atoms with Gasteiger partial charge in [-0.15, -0.1) is 0 Å². The molecule has 2 aliphatic heterocycles. The van der Waals surface area contributed by atoms with Crippen molar-refractivity contribution in [1.82, 2.24) is 24.2 Å². The number of nitrogens with zero attached hydrogens (tertiary/aromatic N) is 5. The Hall–Kier alpha value is -2.43. The predicted octanol–water partition coefficient (Wildman–Crippen LogP) is 1.53. The molecule has 166 valence electrons. The molecule has 4 rings (SSSR count). The fraction of sp³-hybridized carbons (Fsp3) is 0.524. The molecule has 2 aromatic rings. The topological polar surface area (TPSA) is 106 Å². The number of hydrogen-bond donors (Lipinski definition) is 0. The minimum atomic E-state index is -3.77. The maximum Gasteiger partial charge on any atom is 0.246 e. The first-order chi connectivity index (χ1) is 14.9. The Bertz CT molecular complexity index is 1030. The van der Waals surface area contributed by atoms with E-state index in [0.717, 1.165) is 12.0 Å². The van der Waals surface area contributed by atoms with E-state index in [1.165, 1.54) is 10.5 Å². The summed E-state index contributed by atoms with van der Waals surface area (Å²) in [4.78, 5) is 27.4. The molecule has 4 heterocycles. The van der Waals surface area contributed by atoms with Crippen LogP contribution in [0.2, 0.25) is 0 Å². The Kier molecular flexibility index (Phi) is 6.31. The first-order valence-electron chi connectivity index (χ1n) is 10.5. The molecular weight excluding hydrogens is 418 g/mol. The third kappa shape index (κ3) is 4.46. The maximum atomic E-state index is 13.4. The molecule has 0 N–H and O–H groups in total. The van der Waals surface area contributed by atoms with Crippen LogP contribution in [0.5, 0.6) is 0 Å². The molecular formula is C21H27N5O4S. The van der Waals surface area contributed by atoms with Crippen molar-refractivity contribution in [3.63, 3.8) is 0 Å². The van der Waals surface area contributed by atoms with Crippen molar-refractivity contribution >= 4 is 15.9 Å². The molecule has 0 aromatic carbocycles. The van der Waals surface area contributed by atoms with E-state index in [-0.39, 0.29) is 35.7 Å². The maximum absolute atomic E-state index is 13.4. The average molecular weight is 446 g/mol. The number of sulfonamides is 1. The molecule has 0 saturated carbocycles. The number of carbonyl (C=O) groups is 1. The third-order valence-corrected chi connectivity index (χ3v) is 7.61. The Morgan fingerprint density at radius 3 is 2.58 bits per heavy atom. The highest BCUT2D eigenvalue weighted by atomic mass is 32.2. The van der Waals surface area contributed by atoms with Crippen LogP contribution in [0, 0.1) is 5.92 Å². The first-order valence-corrected chi connectivity index (χ1v) is 12.0. The molecule has 1 amide bonds. The van der Waals surface area contributed by atoms with Crippen molar-refractivity contribution in [1.29, 1.82) is 0 Å². The number of ether oxygens (including phenoxy) is 1. The molecule has 10 heteroatoms. The van der Waals surface area contributed by atoms with Crippen LogP contribution in [0.4, 0.5) is 0 Å². The summed E-state index contributed by atoms with van der Waals surface area (Å²) in [6.07, 6.45) is 5.44. The molecule has 0 spiro atoms. The monoisotopic (exact) mass is 445 g/mol. The zero-order valence-electron chi connectivity index (χ0n) is 17.8. The van der Waals surface area contributed by atoms with Crippen LogP contribution in [0.25, 0.3) is 11.4 Å². The highest BCUT2D eigenvalue weighted by Crippen LogP contribution is 2.27. The normalized spacial score (nSPS) is 20.4. The van der Waals surface area contributed by atoms with Crippen molar-refractivity contribution in [3.05, 3.63) is 36.4 Å². The minimum absolute atomic E-state index is 0.0570. The van der Waals surface area contributed by atoms with Crippen LogP contribution in [0.1, 0.15) is 31.9 Å². The molecule has 2 aliphatic rings. The van der Waals surface area contributed by atoms with Crippen molar-refractivity contribution < 1.29 is 17.9 Å². The molecule has 0 aliphatic carbocycles. The second-order valence-corrected chi connectivity index (χ2v) is 10.0. The summed E-state index contributed by atoms with van der Waals surface area (Å²) in [6.45, 7) is 6.14. The molecule has 2 fully saturated rings. The van der Waals surface area contributed by atoms with E-state index in [9.17, 15) is 13.2 Å². The zero-order valence-corrected chi connectivity index (χ0v) is 18.6. The molecule has 31 heavy (non-hydrogen) atoms. The number of amides is 1. The number of hydrogen-bond acceptors (Lipinski definition) is 7. The first kappa shape index (κ1) is 21.8. The lowest BCUT2D eigenvalue weighted by Crippen LogP contribution is -2.52. The largest absolute Gasteiger partial charge is 0.381 e. The summed E-state index contributed by atoms with van der Waals surface area (Å²) >= 11 is 0. The molecule has 2 aromatic heterocycles. The van der Waals surface area contributed by atoms with E-state index in [1.54, 1.807) is 23.4 Å². The van der Waals surface area contributed by atoms with Gasteiger partial charge in [0.2, 0.25) is 15.9 Å². The van der Waals surface area contributed by atoms with Crippen molar-refractivity contribution in [2.24, 2.45) is 5.92 Å². The summed E-state index contributed by atoms with van der Waals surface area (Å²) < 4.78 is 33.5. The van der Waals surface area contributed by atoms with Crippen LogP contribution in [-0.4, -0.2) is 77.9 Å². The van der Waals surface area contributed by atoms with Gasteiger partial charge in [-0.3, -0.25) is 9.78 Å². The highest BCUT2D eigenvalue weighted by molar-refractivity contribution is 7.89. The summed E-state index contributed by atoms with van der Waals surface area (Å²) in [6, 6.07) is 3.63. The Balaban J connectivity index is 1.54. The molecule has 1 unspecified atom stereocenters. The molecule has 9 nitrogen and oxygen atoms in total. The van der Waals surface area contributed by atoms with E-state index in [2.05, 4.69) is 15.0 Å². The van der Waals surface area contributed by atoms with Crippen LogP contribution in [-0.2, 0) is 19.6 Å². The number of rotatable bonds is 5. The average Bonchev–Trinajstić information content (AvgIpc) is 3.34. The van der Waals surface area contributed by atoms with Crippen LogP contribution >= 0.6 is 0 Å². The van der Waals surface area contributed by atoms with Crippen LogP contribution < -0.4 is 0 Å². The fourth-order valence-electron chi connectivity index (χ4n) is 3.91. The lowest BCUT2D eigenvalue weighted by molar-refractivity contribution is -0.136. The van der Waals surface area contributed by atoms with E-state index in [1.807, 2.05) is 19.9 Å². The smallest absolute Gasteiger partial charge is 0.246 e. The zero-order chi connectivity index (χ0) is 22.0. The number of piperazine rings is 1. The molecule has 0 bridgehead atoms. The van der Waals surface area contributed by atoms with Gasteiger partial charge in [0.15, 0.2) is 5.82 Å². The van der Waals surface area contributed by atoms with Crippen molar-refractivity contribution in [3.8, 4) is 11.4 Å². The van der Waals surface area contributed by atoms with Gasteiger partial charge in [0.25, 0.3) is 0 Å². The molecule has 0 radical (unpaired) electrons. The van der Waals surface area contributed by atoms with Gasteiger partial charge in [-0.25, -0.2) is 18.4 Å². The van der Waals surface area contributed by atoms with Gasteiger partial charge >= 0.3 is 0 Å². The van der Waals surface area contributed by atoms with E-state index >= 15 is 0 Å². The van der Waals surface area contributed by atoms with Crippen molar-refractivity contribution in [2.45, 2.75) is 31.1 Å². The number of aromatic nitrogens is 3. The second-order valence-electron chi connectivity index (χ2n) is 8.13. The Morgan fingerprint density at radius 1 is 1.19 bits per heavy atom. The van der Waals surface area contributed by atoms with Gasteiger partial charge in [-0.05, 0) is 24.5 Å². The Morgan fingerprint density at radius 2 is 1.97 bits per heavy atom. The van der Waals surface area contributed by atoms with Crippen molar-refractivity contribution in [2.75, 3.05) is 39.4 Å². The molecule has 2 saturated heterocycles. The summed E-state index contributed by atoms with van der Waals surface area (Å²) in [5.74, 6) is 0.295. The third-order valence-electron chi connectivity index (χ3n) is 5.70. The number of pyridine rings is 1. The van der Waals surface area contributed by atoms with Gasteiger partial charge in [0.05, 0.1) is 24.4 Å². The minimum Gasteiger partial charge on any atom is -0.381 e. The quantitative estimate of drug-likeness (QED) is 0.687. The van der Waals surface area contributed by atoms with Gasteiger partial charge in [-0.1, -0.05) is 13.8 Å².